The second kappa shape index (κ2) is 4.00. The van der Waals surface area contributed by atoms with Crippen LogP contribution in [0, 0.1) is 0 Å². The maximum Gasteiger partial charge on any atom is 0.338 e. The second-order valence-corrected chi connectivity index (χ2v) is 3.43. The van der Waals surface area contributed by atoms with E-state index in [4.69, 9.17) is 9.47 Å². The predicted molar refractivity (Wildman–Crippen MR) is 52.5 cm³/mol. The average molecular weight is 208 g/mol. The number of rotatable bonds is 2. The van der Waals surface area contributed by atoms with E-state index < -0.39 is 18.2 Å². The molecule has 1 heterocycles. The topological polar surface area (TPSA) is 55.8 Å². The lowest BCUT2D eigenvalue weighted by molar-refractivity contribution is -0.0573. The molecule has 80 valence electrons. The molecule has 1 aliphatic heterocycles. The van der Waals surface area contributed by atoms with Crippen LogP contribution in [0.3, 0.4) is 0 Å². The number of cyclic esters (lactones) is 1. The number of aliphatic hydroxyl groups excluding tert-OH is 1. The molecule has 0 aromatic heterocycles. The van der Waals surface area contributed by atoms with Crippen molar-refractivity contribution in [3.63, 3.8) is 0 Å². The number of ether oxygens (including phenoxy) is 2. The SMILES string of the molecule is COC[C@@H]1OC(=O)c2ccccc2[C@@H]1O. The Morgan fingerprint density at radius 3 is 2.93 bits per heavy atom. The summed E-state index contributed by atoms with van der Waals surface area (Å²) < 4.78 is 9.93. The van der Waals surface area contributed by atoms with Gasteiger partial charge in [-0.05, 0) is 11.6 Å². The van der Waals surface area contributed by atoms with Gasteiger partial charge in [0.15, 0.2) is 6.10 Å². The number of hydrogen-bond acceptors (Lipinski definition) is 4. The molecule has 0 amide bonds. The summed E-state index contributed by atoms with van der Waals surface area (Å²) in [5.74, 6) is -0.405. The fraction of sp³-hybridized carbons (Fsp3) is 0.364. The smallest absolute Gasteiger partial charge is 0.338 e. The van der Waals surface area contributed by atoms with Crippen molar-refractivity contribution in [1.29, 1.82) is 0 Å². The molecule has 1 aliphatic rings. The molecule has 0 unspecified atom stereocenters. The summed E-state index contributed by atoms with van der Waals surface area (Å²) in [4.78, 5) is 11.5. The second-order valence-electron chi connectivity index (χ2n) is 3.43. The first-order valence-corrected chi connectivity index (χ1v) is 4.71. The number of benzene rings is 1. The van der Waals surface area contributed by atoms with Crippen molar-refractivity contribution in [3.8, 4) is 0 Å². The minimum atomic E-state index is -0.807. The molecule has 0 fully saturated rings. The highest BCUT2D eigenvalue weighted by molar-refractivity contribution is 5.92. The summed E-state index contributed by atoms with van der Waals surface area (Å²) in [5.41, 5.74) is 1.04. The van der Waals surface area contributed by atoms with Crippen LogP contribution in [0.5, 0.6) is 0 Å². The first-order chi connectivity index (χ1) is 7.24. The van der Waals surface area contributed by atoms with Gasteiger partial charge in [0.25, 0.3) is 0 Å². The molecule has 0 aliphatic carbocycles. The Labute approximate surface area is 87.4 Å². The third-order valence-corrected chi connectivity index (χ3v) is 2.44. The largest absolute Gasteiger partial charge is 0.453 e. The van der Waals surface area contributed by atoms with Crippen LogP contribution in [0.4, 0.5) is 0 Å². The van der Waals surface area contributed by atoms with Gasteiger partial charge in [-0.3, -0.25) is 0 Å². The van der Waals surface area contributed by atoms with Gasteiger partial charge in [0, 0.05) is 7.11 Å². The van der Waals surface area contributed by atoms with Crippen molar-refractivity contribution in [3.05, 3.63) is 35.4 Å². The van der Waals surface area contributed by atoms with E-state index in [1.165, 1.54) is 7.11 Å². The molecule has 0 saturated heterocycles. The molecule has 15 heavy (non-hydrogen) atoms. The van der Waals surface area contributed by atoms with Crippen LogP contribution in [-0.4, -0.2) is 30.9 Å². The first kappa shape index (κ1) is 10.1. The zero-order valence-corrected chi connectivity index (χ0v) is 8.34. The third kappa shape index (κ3) is 1.73. The van der Waals surface area contributed by atoms with Gasteiger partial charge in [0.1, 0.15) is 6.10 Å². The van der Waals surface area contributed by atoms with Crippen LogP contribution >= 0.6 is 0 Å². The van der Waals surface area contributed by atoms with Crippen molar-refractivity contribution < 1.29 is 19.4 Å². The summed E-state index contributed by atoms with van der Waals surface area (Å²) in [6.07, 6.45) is -1.42. The van der Waals surface area contributed by atoms with Gasteiger partial charge in [-0.15, -0.1) is 0 Å². The summed E-state index contributed by atoms with van der Waals surface area (Å²) >= 11 is 0. The average Bonchev–Trinajstić information content (AvgIpc) is 2.26. The first-order valence-electron chi connectivity index (χ1n) is 4.71. The van der Waals surface area contributed by atoms with Crippen LogP contribution < -0.4 is 0 Å². The summed E-state index contributed by atoms with van der Waals surface area (Å²) in [5, 5.41) is 9.91. The van der Waals surface area contributed by atoms with Gasteiger partial charge in [-0.1, -0.05) is 18.2 Å². The molecule has 0 spiro atoms. The molecule has 1 N–H and O–H groups in total. The number of esters is 1. The molecule has 2 rings (SSSR count). The summed E-state index contributed by atoms with van der Waals surface area (Å²) in [7, 11) is 1.50. The zero-order valence-electron chi connectivity index (χ0n) is 8.34. The fourth-order valence-electron chi connectivity index (χ4n) is 1.70. The molecular weight excluding hydrogens is 196 g/mol. The predicted octanol–water partition coefficient (Wildman–Crippen LogP) is 0.905. The molecule has 1 aromatic carbocycles. The molecule has 0 saturated carbocycles. The Hall–Kier alpha value is -1.39. The molecule has 2 atom stereocenters. The number of methoxy groups -OCH3 is 1. The Balaban J connectivity index is 2.35. The van der Waals surface area contributed by atoms with E-state index in [2.05, 4.69) is 0 Å². The van der Waals surface area contributed by atoms with Gasteiger partial charge in [0.05, 0.1) is 12.2 Å². The molecular formula is C11H12O4. The van der Waals surface area contributed by atoms with E-state index >= 15 is 0 Å². The van der Waals surface area contributed by atoms with Crippen molar-refractivity contribution in [2.75, 3.05) is 13.7 Å². The Morgan fingerprint density at radius 1 is 1.47 bits per heavy atom. The highest BCUT2D eigenvalue weighted by Crippen LogP contribution is 2.29. The van der Waals surface area contributed by atoms with Crippen LogP contribution in [0.15, 0.2) is 24.3 Å². The quantitative estimate of drug-likeness (QED) is 0.734. The van der Waals surface area contributed by atoms with Gasteiger partial charge in [-0.25, -0.2) is 4.79 Å². The lowest BCUT2D eigenvalue weighted by atomic mass is 9.96. The van der Waals surface area contributed by atoms with Crippen molar-refractivity contribution in [2.45, 2.75) is 12.2 Å². The number of fused-ring (bicyclic) bond motifs is 1. The van der Waals surface area contributed by atoms with Gasteiger partial charge in [-0.2, -0.15) is 0 Å². The van der Waals surface area contributed by atoms with Crippen LogP contribution in [0.25, 0.3) is 0 Å². The lowest BCUT2D eigenvalue weighted by Gasteiger charge is -2.28. The van der Waals surface area contributed by atoms with E-state index in [1.807, 2.05) is 0 Å². The highest BCUT2D eigenvalue weighted by Gasteiger charge is 2.33. The van der Waals surface area contributed by atoms with Crippen LogP contribution in [0.1, 0.15) is 22.0 Å². The molecule has 0 bridgehead atoms. The maximum absolute atomic E-state index is 11.5. The maximum atomic E-state index is 11.5. The lowest BCUT2D eigenvalue weighted by Crippen LogP contribution is -2.35. The van der Waals surface area contributed by atoms with E-state index in [0.717, 1.165) is 0 Å². The number of carbonyl (C=O) groups is 1. The monoisotopic (exact) mass is 208 g/mol. The fourth-order valence-corrected chi connectivity index (χ4v) is 1.70. The van der Waals surface area contributed by atoms with E-state index in [-0.39, 0.29) is 6.61 Å². The van der Waals surface area contributed by atoms with Crippen molar-refractivity contribution in [1.82, 2.24) is 0 Å². The minimum Gasteiger partial charge on any atom is -0.453 e. The molecule has 4 heteroatoms. The van der Waals surface area contributed by atoms with E-state index in [9.17, 15) is 9.90 Å². The third-order valence-electron chi connectivity index (χ3n) is 2.44. The van der Waals surface area contributed by atoms with E-state index in [0.29, 0.717) is 11.1 Å². The standard InChI is InChI=1S/C11H12O4/c1-14-6-9-10(12)7-4-2-3-5-8(7)11(13)15-9/h2-5,9-10,12H,6H2,1H3/t9-,10-/m0/s1. The highest BCUT2D eigenvalue weighted by atomic mass is 16.6. The Morgan fingerprint density at radius 2 is 2.20 bits per heavy atom. The number of carbonyl (C=O) groups excluding carboxylic acids is 1. The van der Waals surface area contributed by atoms with Crippen LogP contribution in [-0.2, 0) is 9.47 Å². The number of aliphatic hydroxyl groups is 1. The summed E-state index contributed by atoms with van der Waals surface area (Å²) in [6, 6.07) is 6.89. The van der Waals surface area contributed by atoms with Gasteiger partial charge in [0.2, 0.25) is 0 Å². The van der Waals surface area contributed by atoms with Crippen molar-refractivity contribution >= 4 is 5.97 Å². The Bertz CT molecular complexity index is 375. The van der Waals surface area contributed by atoms with E-state index in [1.54, 1.807) is 24.3 Å². The molecule has 0 radical (unpaired) electrons. The zero-order chi connectivity index (χ0) is 10.8. The normalized spacial score (nSPS) is 24.5. The molecule has 4 nitrogen and oxygen atoms in total. The van der Waals surface area contributed by atoms with Crippen molar-refractivity contribution in [2.24, 2.45) is 0 Å². The van der Waals surface area contributed by atoms with Gasteiger partial charge >= 0.3 is 5.97 Å². The number of hydrogen-bond donors (Lipinski definition) is 1. The molecule has 1 aromatic rings. The summed E-state index contributed by atoms with van der Waals surface area (Å²) in [6.45, 7) is 0.196. The van der Waals surface area contributed by atoms with Gasteiger partial charge < -0.3 is 14.6 Å². The Kier molecular flexibility index (Phi) is 2.70. The minimum absolute atomic E-state index is 0.196. The van der Waals surface area contributed by atoms with Crippen LogP contribution in [0.2, 0.25) is 0 Å².